The lowest BCUT2D eigenvalue weighted by Crippen LogP contribution is -2.17. The standard InChI is InChI=1S/C12H13ClO2S/c13-12-7-11(2-1-9(12)8-14)16-10-3-5-15-6-4-10/h1-2,7-8,10H,3-6H2. The molecule has 16 heavy (non-hydrogen) atoms. The Morgan fingerprint density at radius 3 is 2.75 bits per heavy atom. The van der Waals surface area contributed by atoms with Crippen LogP contribution in [0, 0.1) is 0 Å². The number of carbonyl (C=O) groups excluding carboxylic acids is 1. The second kappa shape index (κ2) is 5.71. The molecule has 0 N–H and O–H groups in total. The molecule has 0 aromatic heterocycles. The van der Waals surface area contributed by atoms with Crippen LogP contribution in [0.4, 0.5) is 0 Å². The molecule has 1 aliphatic rings. The lowest BCUT2D eigenvalue weighted by atomic mass is 10.2. The topological polar surface area (TPSA) is 26.3 Å². The Balaban J connectivity index is 2.03. The van der Waals surface area contributed by atoms with Gasteiger partial charge >= 0.3 is 0 Å². The van der Waals surface area contributed by atoms with Crippen molar-refractivity contribution in [3.05, 3.63) is 28.8 Å². The van der Waals surface area contributed by atoms with E-state index in [0.717, 1.165) is 37.2 Å². The Hall–Kier alpha value is -0.510. The molecule has 1 heterocycles. The van der Waals surface area contributed by atoms with Crippen molar-refractivity contribution in [2.75, 3.05) is 13.2 Å². The largest absolute Gasteiger partial charge is 0.381 e. The van der Waals surface area contributed by atoms with Gasteiger partial charge in [0.25, 0.3) is 0 Å². The average molecular weight is 257 g/mol. The molecule has 1 aliphatic heterocycles. The van der Waals surface area contributed by atoms with E-state index in [1.54, 1.807) is 6.07 Å². The number of carbonyl (C=O) groups is 1. The third kappa shape index (κ3) is 3.00. The zero-order valence-corrected chi connectivity index (χ0v) is 10.4. The predicted octanol–water partition coefficient (Wildman–Crippen LogP) is 3.42. The molecule has 1 fully saturated rings. The zero-order chi connectivity index (χ0) is 11.4. The molecule has 0 saturated carbocycles. The van der Waals surface area contributed by atoms with E-state index in [1.165, 1.54) is 0 Å². The molecule has 0 radical (unpaired) electrons. The van der Waals surface area contributed by atoms with Gasteiger partial charge in [0.1, 0.15) is 0 Å². The minimum atomic E-state index is 0.534. The molecular formula is C12H13ClO2S. The number of thioether (sulfide) groups is 1. The van der Waals surface area contributed by atoms with E-state index < -0.39 is 0 Å². The first-order chi connectivity index (χ1) is 7.79. The molecule has 0 spiro atoms. The number of halogens is 1. The van der Waals surface area contributed by atoms with Crippen LogP contribution in [0.2, 0.25) is 5.02 Å². The third-order valence-electron chi connectivity index (χ3n) is 2.57. The Bertz CT molecular complexity index is 375. The summed E-state index contributed by atoms with van der Waals surface area (Å²) < 4.78 is 5.31. The van der Waals surface area contributed by atoms with Crippen LogP contribution in [-0.2, 0) is 4.74 Å². The quantitative estimate of drug-likeness (QED) is 0.775. The lowest BCUT2D eigenvalue weighted by Gasteiger charge is -2.21. The van der Waals surface area contributed by atoms with Gasteiger partial charge in [-0.1, -0.05) is 11.6 Å². The summed E-state index contributed by atoms with van der Waals surface area (Å²) in [4.78, 5) is 11.7. The van der Waals surface area contributed by atoms with Crippen LogP contribution >= 0.6 is 23.4 Å². The number of aldehydes is 1. The minimum Gasteiger partial charge on any atom is -0.381 e. The van der Waals surface area contributed by atoms with Gasteiger partial charge in [-0.25, -0.2) is 0 Å². The second-order valence-electron chi connectivity index (χ2n) is 3.73. The third-order valence-corrected chi connectivity index (χ3v) is 4.23. The molecule has 0 bridgehead atoms. The maximum Gasteiger partial charge on any atom is 0.151 e. The smallest absolute Gasteiger partial charge is 0.151 e. The fourth-order valence-corrected chi connectivity index (χ4v) is 3.10. The van der Waals surface area contributed by atoms with Crippen LogP contribution in [0.3, 0.4) is 0 Å². The molecule has 2 rings (SSSR count). The van der Waals surface area contributed by atoms with Gasteiger partial charge in [0.15, 0.2) is 6.29 Å². The summed E-state index contributed by atoms with van der Waals surface area (Å²) in [5.74, 6) is 0. The molecule has 2 nitrogen and oxygen atoms in total. The van der Waals surface area contributed by atoms with Crippen LogP contribution < -0.4 is 0 Å². The monoisotopic (exact) mass is 256 g/mol. The van der Waals surface area contributed by atoms with Gasteiger partial charge in [-0.2, -0.15) is 0 Å². The van der Waals surface area contributed by atoms with Gasteiger partial charge in [0, 0.05) is 28.9 Å². The Kier molecular flexibility index (Phi) is 4.27. The van der Waals surface area contributed by atoms with Crippen LogP contribution in [0.5, 0.6) is 0 Å². The van der Waals surface area contributed by atoms with Gasteiger partial charge in [-0.05, 0) is 31.0 Å². The summed E-state index contributed by atoms with van der Waals surface area (Å²) in [7, 11) is 0. The summed E-state index contributed by atoms with van der Waals surface area (Å²) in [6, 6.07) is 5.60. The molecule has 4 heteroatoms. The Morgan fingerprint density at radius 1 is 1.38 bits per heavy atom. The molecule has 0 amide bonds. The normalized spacial score (nSPS) is 17.3. The summed E-state index contributed by atoms with van der Waals surface area (Å²) in [5, 5.41) is 1.14. The van der Waals surface area contributed by atoms with Crippen molar-refractivity contribution in [2.24, 2.45) is 0 Å². The van der Waals surface area contributed by atoms with E-state index >= 15 is 0 Å². The molecule has 1 aromatic rings. The highest BCUT2D eigenvalue weighted by atomic mass is 35.5. The molecule has 0 unspecified atom stereocenters. The van der Waals surface area contributed by atoms with Crippen molar-refractivity contribution in [1.29, 1.82) is 0 Å². The number of ether oxygens (including phenoxy) is 1. The van der Waals surface area contributed by atoms with Crippen LogP contribution in [0.1, 0.15) is 23.2 Å². The molecule has 0 atom stereocenters. The minimum absolute atomic E-state index is 0.534. The predicted molar refractivity (Wildman–Crippen MR) is 66.5 cm³/mol. The number of benzene rings is 1. The van der Waals surface area contributed by atoms with Gasteiger partial charge < -0.3 is 4.74 Å². The molecule has 1 aromatic carbocycles. The fraction of sp³-hybridized carbons (Fsp3) is 0.417. The van der Waals surface area contributed by atoms with E-state index in [9.17, 15) is 4.79 Å². The fourth-order valence-electron chi connectivity index (χ4n) is 1.66. The van der Waals surface area contributed by atoms with Gasteiger partial charge in [0.05, 0.1) is 5.02 Å². The summed E-state index contributed by atoms with van der Waals surface area (Å²) >= 11 is 7.80. The number of hydrogen-bond acceptors (Lipinski definition) is 3. The first-order valence-corrected chi connectivity index (χ1v) is 6.54. The maximum atomic E-state index is 10.6. The van der Waals surface area contributed by atoms with Gasteiger partial charge in [-0.15, -0.1) is 11.8 Å². The maximum absolute atomic E-state index is 10.6. The SMILES string of the molecule is O=Cc1ccc(SC2CCOCC2)cc1Cl. The number of rotatable bonds is 3. The summed E-state index contributed by atoms with van der Waals surface area (Å²) in [6.45, 7) is 1.69. The Labute approximate surface area is 104 Å². The summed E-state index contributed by atoms with van der Waals surface area (Å²) in [5.41, 5.74) is 0.554. The van der Waals surface area contributed by atoms with Crippen LogP contribution in [0.15, 0.2) is 23.1 Å². The van der Waals surface area contributed by atoms with Crippen molar-refractivity contribution < 1.29 is 9.53 Å². The van der Waals surface area contributed by atoms with E-state index in [1.807, 2.05) is 23.9 Å². The molecule has 86 valence electrons. The molecule has 1 saturated heterocycles. The first-order valence-electron chi connectivity index (χ1n) is 5.29. The highest BCUT2D eigenvalue weighted by molar-refractivity contribution is 8.00. The second-order valence-corrected chi connectivity index (χ2v) is 5.51. The average Bonchev–Trinajstić information content (AvgIpc) is 2.31. The summed E-state index contributed by atoms with van der Waals surface area (Å²) in [6.07, 6.45) is 2.95. The lowest BCUT2D eigenvalue weighted by molar-refractivity contribution is 0.100. The molecular weight excluding hydrogens is 244 g/mol. The van der Waals surface area contributed by atoms with E-state index in [0.29, 0.717) is 15.8 Å². The first kappa shape index (κ1) is 12.0. The van der Waals surface area contributed by atoms with Gasteiger partial charge in [-0.3, -0.25) is 4.79 Å². The van der Waals surface area contributed by atoms with E-state index in [-0.39, 0.29) is 0 Å². The zero-order valence-electron chi connectivity index (χ0n) is 8.82. The van der Waals surface area contributed by atoms with Crippen molar-refractivity contribution in [3.63, 3.8) is 0 Å². The Morgan fingerprint density at radius 2 is 2.12 bits per heavy atom. The van der Waals surface area contributed by atoms with E-state index in [2.05, 4.69) is 0 Å². The van der Waals surface area contributed by atoms with Crippen molar-refractivity contribution in [3.8, 4) is 0 Å². The van der Waals surface area contributed by atoms with Crippen LogP contribution in [0.25, 0.3) is 0 Å². The van der Waals surface area contributed by atoms with E-state index in [4.69, 9.17) is 16.3 Å². The van der Waals surface area contributed by atoms with Gasteiger partial charge in [0.2, 0.25) is 0 Å². The van der Waals surface area contributed by atoms with Crippen molar-refractivity contribution in [2.45, 2.75) is 23.0 Å². The van der Waals surface area contributed by atoms with Crippen LogP contribution in [-0.4, -0.2) is 24.7 Å². The molecule has 0 aliphatic carbocycles. The van der Waals surface area contributed by atoms with Crippen molar-refractivity contribution >= 4 is 29.6 Å². The highest BCUT2D eigenvalue weighted by Gasteiger charge is 2.15. The van der Waals surface area contributed by atoms with Crippen molar-refractivity contribution in [1.82, 2.24) is 0 Å². The highest BCUT2D eigenvalue weighted by Crippen LogP contribution is 2.31. The number of hydrogen-bond donors (Lipinski definition) is 0.